The molecule has 0 saturated heterocycles. The van der Waals surface area contributed by atoms with Crippen molar-refractivity contribution in [3.05, 3.63) is 71.7 Å². The molecule has 150 valence electrons. The summed E-state index contributed by atoms with van der Waals surface area (Å²) in [6.45, 7) is 0. The average molecular weight is 395 g/mol. The molecule has 1 aromatic carbocycles. The van der Waals surface area contributed by atoms with Crippen molar-refractivity contribution in [1.82, 2.24) is 9.97 Å². The molecule has 0 aliphatic heterocycles. The molecule has 3 rings (SSSR count). The fourth-order valence-corrected chi connectivity index (χ4v) is 2.79. The van der Waals surface area contributed by atoms with Crippen molar-refractivity contribution >= 4 is 17.3 Å². The molecule has 1 atom stereocenters. The summed E-state index contributed by atoms with van der Waals surface area (Å²) in [4.78, 5) is 12.5. The highest BCUT2D eigenvalue weighted by Crippen LogP contribution is 2.24. The summed E-state index contributed by atoms with van der Waals surface area (Å²) in [6, 6.07) is 12.6. The summed E-state index contributed by atoms with van der Waals surface area (Å²) >= 11 is 0. The van der Waals surface area contributed by atoms with Crippen molar-refractivity contribution in [2.45, 2.75) is 18.9 Å². The van der Waals surface area contributed by atoms with Crippen LogP contribution >= 0.6 is 0 Å². The molecule has 0 radical (unpaired) electrons. The van der Waals surface area contributed by atoms with Crippen LogP contribution in [0, 0.1) is 5.82 Å². The van der Waals surface area contributed by atoms with Gasteiger partial charge in [0.05, 0.1) is 6.10 Å². The molecule has 5 N–H and O–H groups in total. The van der Waals surface area contributed by atoms with E-state index in [1.807, 2.05) is 6.07 Å². The molecule has 0 aliphatic carbocycles. The number of hydrogen-bond donors (Lipinski definition) is 3. The van der Waals surface area contributed by atoms with Crippen LogP contribution in [0.5, 0.6) is 11.6 Å². The van der Waals surface area contributed by atoms with Crippen LogP contribution in [-0.2, 0) is 6.42 Å². The van der Waals surface area contributed by atoms with Gasteiger partial charge < -0.3 is 21.3 Å². The SMILES string of the molecule is CN=C(Cc1ccc(Oc2ccc(F)cc2)nc1)CC(O)c1ccc(N)nc1N. The topological polar surface area (TPSA) is 120 Å². The van der Waals surface area contributed by atoms with E-state index in [1.165, 1.54) is 24.3 Å². The van der Waals surface area contributed by atoms with Gasteiger partial charge in [-0.25, -0.2) is 14.4 Å². The zero-order chi connectivity index (χ0) is 20.8. The Bertz CT molecular complexity index is 991. The molecule has 7 nitrogen and oxygen atoms in total. The number of nitrogen functional groups attached to an aromatic ring is 2. The van der Waals surface area contributed by atoms with E-state index in [0.29, 0.717) is 35.9 Å². The second-order valence-corrected chi connectivity index (χ2v) is 6.46. The minimum atomic E-state index is -0.837. The van der Waals surface area contributed by atoms with Crippen LogP contribution in [0.25, 0.3) is 0 Å². The van der Waals surface area contributed by atoms with E-state index in [1.54, 1.807) is 31.4 Å². The van der Waals surface area contributed by atoms with Crippen molar-refractivity contribution in [2.75, 3.05) is 18.5 Å². The van der Waals surface area contributed by atoms with Crippen LogP contribution in [0.3, 0.4) is 0 Å². The maximum Gasteiger partial charge on any atom is 0.219 e. The zero-order valence-corrected chi connectivity index (χ0v) is 15.9. The fraction of sp³-hybridized carbons (Fsp3) is 0.190. The van der Waals surface area contributed by atoms with E-state index in [2.05, 4.69) is 15.0 Å². The number of pyridine rings is 2. The normalized spacial score (nSPS) is 12.6. The number of anilines is 2. The predicted molar refractivity (Wildman–Crippen MR) is 110 cm³/mol. The molecular weight excluding hydrogens is 373 g/mol. The molecule has 0 amide bonds. The quantitative estimate of drug-likeness (QED) is 0.528. The van der Waals surface area contributed by atoms with Crippen molar-refractivity contribution in [2.24, 2.45) is 4.99 Å². The highest BCUT2D eigenvalue weighted by molar-refractivity contribution is 5.87. The molecule has 1 unspecified atom stereocenters. The highest BCUT2D eigenvalue weighted by atomic mass is 19.1. The fourth-order valence-electron chi connectivity index (χ4n) is 2.79. The monoisotopic (exact) mass is 395 g/mol. The second-order valence-electron chi connectivity index (χ2n) is 6.46. The Kier molecular flexibility index (Phi) is 6.36. The van der Waals surface area contributed by atoms with Gasteiger partial charge in [-0.2, -0.15) is 0 Å². The summed E-state index contributed by atoms with van der Waals surface area (Å²) in [5, 5.41) is 10.5. The van der Waals surface area contributed by atoms with Crippen LogP contribution in [-0.4, -0.2) is 27.8 Å². The Balaban J connectivity index is 1.62. The number of aliphatic hydroxyl groups is 1. The van der Waals surface area contributed by atoms with Gasteiger partial charge in [-0.1, -0.05) is 6.07 Å². The lowest BCUT2D eigenvalue weighted by atomic mass is 10.0. The average Bonchev–Trinajstić information content (AvgIpc) is 2.70. The first-order chi connectivity index (χ1) is 13.9. The van der Waals surface area contributed by atoms with Crippen LogP contribution in [0.2, 0.25) is 0 Å². The first kappa shape index (κ1) is 20.2. The third kappa shape index (κ3) is 5.49. The van der Waals surface area contributed by atoms with Crippen LogP contribution in [0.15, 0.2) is 59.7 Å². The van der Waals surface area contributed by atoms with E-state index in [4.69, 9.17) is 16.2 Å². The van der Waals surface area contributed by atoms with Gasteiger partial charge in [0.1, 0.15) is 23.2 Å². The number of hydrogen-bond acceptors (Lipinski definition) is 7. The lowest BCUT2D eigenvalue weighted by Crippen LogP contribution is -2.12. The smallest absolute Gasteiger partial charge is 0.219 e. The number of nitrogens with zero attached hydrogens (tertiary/aromatic N) is 3. The maximum atomic E-state index is 13.0. The first-order valence-electron chi connectivity index (χ1n) is 8.97. The number of aliphatic imine (C=N–C) groups is 1. The Hall–Kier alpha value is -3.52. The molecule has 29 heavy (non-hydrogen) atoms. The lowest BCUT2D eigenvalue weighted by molar-refractivity contribution is 0.186. The third-order valence-corrected chi connectivity index (χ3v) is 4.33. The van der Waals surface area contributed by atoms with E-state index in [-0.39, 0.29) is 11.6 Å². The molecular formula is C21H22FN5O2. The molecule has 2 heterocycles. The number of nitrogens with two attached hydrogens (primary N) is 2. The number of aromatic nitrogens is 2. The van der Waals surface area contributed by atoms with Gasteiger partial charge >= 0.3 is 0 Å². The van der Waals surface area contributed by atoms with Gasteiger partial charge in [0.25, 0.3) is 0 Å². The Labute approximate surface area is 167 Å². The van der Waals surface area contributed by atoms with Crippen molar-refractivity contribution in [3.8, 4) is 11.6 Å². The summed E-state index contributed by atoms with van der Waals surface area (Å²) in [6.07, 6.45) is 1.66. The minimum Gasteiger partial charge on any atom is -0.439 e. The third-order valence-electron chi connectivity index (χ3n) is 4.33. The molecule has 0 saturated carbocycles. The van der Waals surface area contributed by atoms with E-state index in [0.717, 1.165) is 11.3 Å². The molecule has 0 fully saturated rings. The summed E-state index contributed by atoms with van der Waals surface area (Å²) < 4.78 is 18.5. The van der Waals surface area contributed by atoms with Crippen molar-refractivity contribution in [3.63, 3.8) is 0 Å². The summed E-state index contributed by atoms with van der Waals surface area (Å²) in [5.41, 5.74) is 13.6. The first-order valence-corrected chi connectivity index (χ1v) is 8.97. The summed E-state index contributed by atoms with van der Waals surface area (Å²) in [7, 11) is 1.67. The highest BCUT2D eigenvalue weighted by Gasteiger charge is 2.15. The molecule has 3 aromatic rings. The van der Waals surface area contributed by atoms with E-state index < -0.39 is 6.10 Å². The van der Waals surface area contributed by atoms with Gasteiger partial charge in [0, 0.05) is 43.4 Å². The molecule has 0 bridgehead atoms. The van der Waals surface area contributed by atoms with Gasteiger partial charge in [-0.3, -0.25) is 4.99 Å². The Morgan fingerprint density at radius 1 is 1.14 bits per heavy atom. The Morgan fingerprint density at radius 3 is 2.52 bits per heavy atom. The zero-order valence-electron chi connectivity index (χ0n) is 15.9. The van der Waals surface area contributed by atoms with Crippen LogP contribution < -0.4 is 16.2 Å². The number of aliphatic hydroxyl groups excluding tert-OH is 1. The van der Waals surface area contributed by atoms with Crippen LogP contribution in [0.1, 0.15) is 23.7 Å². The maximum absolute atomic E-state index is 13.0. The van der Waals surface area contributed by atoms with Gasteiger partial charge in [0.15, 0.2) is 0 Å². The predicted octanol–water partition coefficient (Wildman–Crippen LogP) is 3.31. The molecule has 0 aliphatic rings. The van der Waals surface area contributed by atoms with E-state index >= 15 is 0 Å². The largest absolute Gasteiger partial charge is 0.439 e. The van der Waals surface area contributed by atoms with Crippen molar-refractivity contribution < 1.29 is 14.2 Å². The van der Waals surface area contributed by atoms with Crippen molar-refractivity contribution in [1.29, 1.82) is 0 Å². The molecule has 0 spiro atoms. The van der Waals surface area contributed by atoms with Gasteiger partial charge in [-0.15, -0.1) is 0 Å². The van der Waals surface area contributed by atoms with Gasteiger partial charge in [0.2, 0.25) is 5.88 Å². The number of rotatable bonds is 7. The summed E-state index contributed by atoms with van der Waals surface area (Å²) in [5.74, 6) is 1.08. The lowest BCUT2D eigenvalue weighted by Gasteiger charge is -2.15. The van der Waals surface area contributed by atoms with Crippen LogP contribution in [0.4, 0.5) is 16.0 Å². The van der Waals surface area contributed by atoms with Gasteiger partial charge in [-0.05, 0) is 42.0 Å². The minimum absolute atomic E-state index is 0.205. The number of ether oxygens (including phenoxy) is 1. The Morgan fingerprint density at radius 2 is 1.90 bits per heavy atom. The number of benzene rings is 1. The second kappa shape index (κ2) is 9.11. The van der Waals surface area contributed by atoms with E-state index in [9.17, 15) is 9.50 Å². The molecule has 2 aromatic heterocycles. The molecule has 8 heteroatoms. The standard InChI is InChI=1S/C21H22FN5O2/c1-25-15(11-18(28)17-7-8-19(23)27-21(17)24)10-13-2-9-20(26-12-13)29-16-5-3-14(22)4-6-16/h2-9,12,18,28H,10-11H2,1H3,(H4,23,24,27). The number of halogens is 1.